The first kappa shape index (κ1) is 20.4. The summed E-state index contributed by atoms with van der Waals surface area (Å²) in [5, 5.41) is 7.64. The first-order valence-electron chi connectivity index (χ1n) is 10.2. The smallest absolute Gasteiger partial charge is 0.228 e. The van der Waals surface area contributed by atoms with Gasteiger partial charge in [-0.25, -0.2) is 0 Å². The lowest BCUT2D eigenvalue weighted by molar-refractivity contribution is -0.115. The van der Waals surface area contributed by atoms with Crippen molar-refractivity contribution >= 4 is 17.3 Å². The van der Waals surface area contributed by atoms with Crippen LogP contribution in [0.4, 0.5) is 11.4 Å². The van der Waals surface area contributed by atoms with Crippen molar-refractivity contribution < 1.29 is 4.79 Å². The third kappa shape index (κ3) is 4.93. The Labute approximate surface area is 168 Å². The summed E-state index contributed by atoms with van der Waals surface area (Å²) in [4.78, 5) is 17.3. The first-order chi connectivity index (χ1) is 13.3. The van der Waals surface area contributed by atoms with Crippen molar-refractivity contribution in [1.29, 1.82) is 0 Å². The van der Waals surface area contributed by atoms with Crippen LogP contribution in [0.2, 0.25) is 0 Å². The Hall–Kier alpha value is -2.34. The zero-order chi connectivity index (χ0) is 20.3. The molecule has 1 aromatic carbocycles. The van der Waals surface area contributed by atoms with Gasteiger partial charge in [-0.05, 0) is 51.1 Å². The topological polar surface area (TPSA) is 53.4 Å². The number of benzene rings is 1. The van der Waals surface area contributed by atoms with Crippen LogP contribution < -0.4 is 10.2 Å². The molecule has 0 bridgehead atoms. The van der Waals surface area contributed by atoms with E-state index in [4.69, 9.17) is 0 Å². The van der Waals surface area contributed by atoms with Gasteiger partial charge >= 0.3 is 0 Å². The van der Waals surface area contributed by atoms with Crippen LogP contribution in [0.15, 0.2) is 24.3 Å². The minimum atomic E-state index is 0.00245. The van der Waals surface area contributed by atoms with E-state index in [1.807, 2.05) is 23.7 Å². The Kier molecular flexibility index (Phi) is 6.39. The minimum Gasteiger partial charge on any atom is -0.369 e. The average Bonchev–Trinajstić information content (AvgIpc) is 2.90. The highest BCUT2D eigenvalue weighted by Crippen LogP contribution is 2.20. The van der Waals surface area contributed by atoms with Gasteiger partial charge in [-0.3, -0.25) is 9.48 Å². The van der Waals surface area contributed by atoms with Gasteiger partial charge in [-0.2, -0.15) is 5.10 Å². The molecular formula is C22H33N5O. The van der Waals surface area contributed by atoms with E-state index in [9.17, 15) is 4.79 Å². The average molecular weight is 384 g/mol. The quantitative estimate of drug-likeness (QED) is 0.833. The van der Waals surface area contributed by atoms with E-state index in [1.165, 1.54) is 5.69 Å². The fourth-order valence-corrected chi connectivity index (χ4v) is 3.70. The second kappa shape index (κ2) is 8.78. The molecule has 28 heavy (non-hydrogen) atoms. The zero-order valence-electron chi connectivity index (χ0n) is 17.8. The maximum atomic E-state index is 12.6. The van der Waals surface area contributed by atoms with Crippen molar-refractivity contribution in [3.63, 3.8) is 0 Å². The molecule has 2 heterocycles. The van der Waals surface area contributed by atoms with Crippen molar-refractivity contribution in [3.8, 4) is 0 Å². The summed E-state index contributed by atoms with van der Waals surface area (Å²) in [6, 6.07) is 8.18. The highest BCUT2D eigenvalue weighted by atomic mass is 16.1. The number of nitrogens with zero attached hydrogens (tertiary/aromatic N) is 4. The molecule has 6 nitrogen and oxygen atoms in total. The van der Waals surface area contributed by atoms with Crippen LogP contribution in [-0.4, -0.2) is 53.8 Å². The number of aryl methyl sites for hydroxylation is 1. The van der Waals surface area contributed by atoms with Gasteiger partial charge in [0.25, 0.3) is 0 Å². The molecule has 0 spiro atoms. The molecule has 1 aliphatic heterocycles. The summed E-state index contributed by atoms with van der Waals surface area (Å²) >= 11 is 0. The summed E-state index contributed by atoms with van der Waals surface area (Å²) in [5.41, 5.74) is 5.12. The summed E-state index contributed by atoms with van der Waals surface area (Å²) in [7, 11) is 2.16. The number of hydrogen-bond donors (Lipinski definition) is 1. The van der Waals surface area contributed by atoms with Crippen molar-refractivity contribution in [3.05, 3.63) is 41.2 Å². The molecule has 0 unspecified atom stereocenters. The molecule has 0 saturated carbocycles. The minimum absolute atomic E-state index is 0.00245. The molecule has 1 fully saturated rings. The van der Waals surface area contributed by atoms with Crippen molar-refractivity contribution in [2.24, 2.45) is 5.92 Å². The van der Waals surface area contributed by atoms with E-state index < -0.39 is 0 Å². The molecule has 152 valence electrons. The van der Waals surface area contributed by atoms with Crippen LogP contribution in [0.25, 0.3) is 0 Å². The van der Waals surface area contributed by atoms with Gasteiger partial charge < -0.3 is 15.1 Å². The van der Waals surface area contributed by atoms with Gasteiger partial charge in [0.2, 0.25) is 5.91 Å². The van der Waals surface area contributed by atoms with E-state index in [0.717, 1.165) is 55.4 Å². The van der Waals surface area contributed by atoms with Crippen LogP contribution in [-0.2, 0) is 17.8 Å². The van der Waals surface area contributed by atoms with E-state index in [2.05, 4.69) is 60.2 Å². The van der Waals surface area contributed by atoms with Gasteiger partial charge in [0.1, 0.15) is 0 Å². The first-order valence-corrected chi connectivity index (χ1v) is 10.2. The highest BCUT2D eigenvalue weighted by molar-refractivity contribution is 5.92. The molecule has 1 N–H and O–H groups in total. The van der Waals surface area contributed by atoms with Crippen LogP contribution in [0.1, 0.15) is 30.8 Å². The summed E-state index contributed by atoms with van der Waals surface area (Å²) in [6.45, 7) is 13.5. The number of carbonyl (C=O) groups excluding carboxylic acids is 1. The molecule has 0 radical (unpaired) electrons. The number of anilines is 2. The second-order valence-electron chi connectivity index (χ2n) is 8.29. The number of amides is 1. The Morgan fingerprint density at radius 2 is 1.75 bits per heavy atom. The summed E-state index contributed by atoms with van der Waals surface area (Å²) in [6.07, 6.45) is 0.357. The van der Waals surface area contributed by atoms with E-state index >= 15 is 0 Å². The molecule has 0 aliphatic carbocycles. The predicted molar refractivity (Wildman–Crippen MR) is 115 cm³/mol. The van der Waals surface area contributed by atoms with Crippen molar-refractivity contribution in [2.45, 2.75) is 40.7 Å². The Bertz CT molecular complexity index is 801. The van der Waals surface area contributed by atoms with Crippen LogP contribution in [0.5, 0.6) is 0 Å². The fraction of sp³-hybridized carbons (Fsp3) is 0.545. The van der Waals surface area contributed by atoms with Gasteiger partial charge in [0.05, 0.1) is 12.1 Å². The number of likely N-dealkylation sites (N-methyl/N-ethyl adjacent to an activating group) is 1. The van der Waals surface area contributed by atoms with Gasteiger partial charge in [0, 0.05) is 55.4 Å². The standard InChI is InChI=1S/C22H33N5O/c1-16(2)15-27-18(4)21(17(3)24-27)14-22(28)23-19-6-8-20(9-7-19)26-12-10-25(5)11-13-26/h6-9,16H,10-15H2,1-5H3,(H,23,28). The fourth-order valence-electron chi connectivity index (χ4n) is 3.70. The molecule has 2 aromatic rings. The lowest BCUT2D eigenvalue weighted by Crippen LogP contribution is -2.44. The number of hydrogen-bond acceptors (Lipinski definition) is 4. The van der Waals surface area contributed by atoms with Crippen LogP contribution in [0, 0.1) is 19.8 Å². The number of piperazine rings is 1. The second-order valence-corrected chi connectivity index (χ2v) is 8.29. The summed E-state index contributed by atoms with van der Waals surface area (Å²) < 4.78 is 2.02. The molecule has 1 aromatic heterocycles. The van der Waals surface area contributed by atoms with Crippen molar-refractivity contribution in [1.82, 2.24) is 14.7 Å². The molecule has 1 saturated heterocycles. The van der Waals surface area contributed by atoms with Gasteiger partial charge in [-0.1, -0.05) is 13.8 Å². The third-order valence-corrected chi connectivity index (χ3v) is 5.43. The van der Waals surface area contributed by atoms with Crippen molar-refractivity contribution in [2.75, 3.05) is 43.4 Å². The normalized spacial score (nSPS) is 15.3. The van der Waals surface area contributed by atoms with Gasteiger partial charge in [-0.15, -0.1) is 0 Å². The number of carbonyl (C=O) groups is 1. The zero-order valence-corrected chi connectivity index (χ0v) is 17.8. The Balaban J connectivity index is 1.60. The molecule has 1 amide bonds. The SMILES string of the molecule is Cc1nn(CC(C)C)c(C)c1CC(=O)Nc1ccc(N2CCN(C)CC2)cc1. The Morgan fingerprint density at radius 1 is 1.11 bits per heavy atom. The lowest BCUT2D eigenvalue weighted by Gasteiger charge is -2.34. The van der Waals surface area contributed by atoms with E-state index in [-0.39, 0.29) is 5.91 Å². The molecule has 3 rings (SSSR count). The summed E-state index contributed by atoms with van der Waals surface area (Å²) in [5.74, 6) is 0.529. The van der Waals surface area contributed by atoms with E-state index in [0.29, 0.717) is 12.3 Å². The number of rotatable bonds is 6. The molecule has 6 heteroatoms. The molecule has 1 aliphatic rings. The number of nitrogens with one attached hydrogen (secondary N) is 1. The van der Waals surface area contributed by atoms with Gasteiger partial charge in [0.15, 0.2) is 0 Å². The molecular weight excluding hydrogens is 350 g/mol. The van der Waals surface area contributed by atoms with Crippen LogP contribution >= 0.6 is 0 Å². The Morgan fingerprint density at radius 3 is 2.36 bits per heavy atom. The molecule has 0 atom stereocenters. The van der Waals surface area contributed by atoms with Crippen LogP contribution in [0.3, 0.4) is 0 Å². The maximum absolute atomic E-state index is 12.6. The third-order valence-electron chi connectivity index (χ3n) is 5.43. The highest BCUT2D eigenvalue weighted by Gasteiger charge is 2.17. The lowest BCUT2D eigenvalue weighted by atomic mass is 10.1. The maximum Gasteiger partial charge on any atom is 0.228 e. The van der Waals surface area contributed by atoms with E-state index in [1.54, 1.807) is 0 Å². The number of aromatic nitrogens is 2. The monoisotopic (exact) mass is 383 g/mol. The predicted octanol–water partition coefficient (Wildman–Crippen LogP) is 3.09. The largest absolute Gasteiger partial charge is 0.369 e.